The van der Waals surface area contributed by atoms with Crippen molar-refractivity contribution in [2.45, 2.75) is 51.6 Å². The molecule has 3 rings (SSSR count). The van der Waals surface area contributed by atoms with E-state index in [0.717, 1.165) is 37.8 Å². The fourth-order valence-electron chi connectivity index (χ4n) is 3.38. The van der Waals surface area contributed by atoms with Crippen molar-refractivity contribution in [2.24, 2.45) is 5.92 Å². The van der Waals surface area contributed by atoms with Crippen LogP contribution in [0.5, 0.6) is 0 Å². The van der Waals surface area contributed by atoms with Gasteiger partial charge in [0.15, 0.2) is 0 Å². The summed E-state index contributed by atoms with van der Waals surface area (Å²) < 4.78 is 0. The minimum atomic E-state index is -0.676. The molecule has 0 unspecified atom stereocenters. The molecule has 1 aromatic carbocycles. The van der Waals surface area contributed by atoms with Crippen LogP contribution in [0.15, 0.2) is 24.3 Å². The van der Waals surface area contributed by atoms with Crippen molar-refractivity contribution in [2.75, 3.05) is 26.2 Å². The molecule has 5 nitrogen and oxygen atoms in total. The first-order chi connectivity index (χ1) is 12.3. The number of benzene rings is 1. The number of nitrogens with zero attached hydrogens (tertiary/aromatic N) is 2. The van der Waals surface area contributed by atoms with E-state index < -0.39 is 5.60 Å². The van der Waals surface area contributed by atoms with Gasteiger partial charge in [0, 0.05) is 37.7 Å². The molecule has 1 aromatic rings. The maximum atomic E-state index is 12.8. The highest BCUT2D eigenvalue weighted by molar-refractivity contribution is 5.94. The Morgan fingerprint density at radius 3 is 2.27 bits per heavy atom. The van der Waals surface area contributed by atoms with Crippen LogP contribution in [0.3, 0.4) is 0 Å². The number of aryl methyl sites for hydroxylation is 1. The van der Waals surface area contributed by atoms with Gasteiger partial charge in [-0.1, -0.05) is 12.1 Å². The summed E-state index contributed by atoms with van der Waals surface area (Å²) in [6, 6.07) is 7.69. The first-order valence-electron chi connectivity index (χ1n) is 9.73. The van der Waals surface area contributed by atoms with E-state index in [4.69, 9.17) is 0 Å². The van der Waals surface area contributed by atoms with Gasteiger partial charge in [-0.3, -0.25) is 9.59 Å². The maximum absolute atomic E-state index is 12.8. The fraction of sp³-hybridized carbons (Fsp3) is 0.619. The van der Waals surface area contributed by atoms with Gasteiger partial charge in [0.1, 0.15) is 0 Å². The van der Waals surface area contributed by atoms with Crippen LogP contribution in [0.2, 0.25) is 0 Å². The third kappa shape index (κ3) is 5.07. The summed E-state index contributed by atoms with van der Waals surface area (Å²) in [7, 11) is 0. The van der Waals surface area contributed by atoms with Gasteiger partial charge < -0.3 is 14.9 Å². The summed E-state index contributed by atoms with van der Waals surface area (Å²) >= 11 is 0. The average Bonchev–Trinajstić information content (AvgIpc) is 3.45. The smallest absolute Gasteiger partial charge is 0.253 e. The molecule has 0 aromatic heterocycles. The molecule has 26 heavy (non-hydrogen) atoms. The van der Waals surface area contributed by atoms with Crippen LogP contribution in [-0.2, 0) is 11.2 Å². The SMILES string of the molecule is CC(C)(O)CCc1ccc(C(=O)N2CCCN(C(=O)C3CC3)CC2)cc1. The highest BCUT2D eigenvalue weighted by Crippen LogP contribution is 2.31. The lowest BCUT2D eigenvalue weighted by atomic mass is 9.98. The molecule has 1 aliphatic heterocycles. The normalized spacial score (nSPS) is 18.6. The lowest BCUT2D eigenvalue weighted by Gasteiger charge is -2.22. The highest BCUT2D eigenvalue weighted by atomic mass is 16.3. The Balaban J connectivity index is 1.55. The Hall–Kier alpha value is -1.88. The van der Waals surface area contributed by atoms with E-state index in [2.05, 4.69) is 0 Å². The molecule has 2 amide bonds. The van der Waals surface area contributed by atoms with Crippen LogP contribution < -0.4 is 0 Å². The van der Waals surface area contributed by atoms with Crippen LogP contribution in [0, 0.1) is 5.92 Å². The summed E-state index contributed by atoms with van der Waals surface area (Å²) in [5, 5.41) is 9.83. The Kier molecular flexibility index (Phi) is 5.66. The maximum Gasteiger partial charge on any atom is 0.253 e. The Morgan fingerprint density at radius 1 is 1.04 bits per heavy atom. The molecule has 1 N–H and O–H groups in total. The van der Waals surface area contributed by atoms with Crippen LogP contribution in [0.25, 0.3) is 0 Å². The molecule has 0 radical (unpaired) electrons. The molecule has 1 saturated heterocycles. The summed E-state index contributed by atoms with van der Waals surface area (Å²) in [4.78, 5) is 28.8. The van der Waals surface area contributed by atoms with E-state index >= 15 is 0 Å². The number of amides is 2. The van der Waals surface area contributed by atoms with Crippen molar-refractivity contribution >= 4 is 11.8 Å². The van der Waals surface area contributed by atoms with E-state index in [1.165, 1.54) is 0 Å². The third-order valence-corrected chi connectivity index (χ3v) is 5.25. The van der Waals surface area contributed by atoms with Gasteiger partial charge in [-0.25, -0.2) is 0 Å². The standard InChI is InChI=1S/C21H30N2O3/c1-21(2,26)11-10-16-4-6-17(7-5-16)19(24)22-12-3-13-23(15-14-22)20(25)18-8-9-18/h4-7,18,26H,3,8-15H2,1-2H3. The summed E-state index contributed by atoms with van der Waals surface area (Å²) in [5.41, 5.74) is 1.14. The van der Waals surface area contributed by atoms with E-state index in [1.807, 2.05) is 47.9 Å². The van der Waals surface area contributed by atoms with Crippen molar-refractivity contribution < 1.29 is 14.7 Å². The molecule has 0 bridgehead atoms. The van der Waals surface area contributed by atoms with E-state index in [9.17, 15) is 14.7 Å². The predicted molar refractivity (Wildman–Crippen MR) is 101 cm³/mol. The second kappa shape index (κ2) is 7.78. The molecule has 1 aliphatic carbocycles. The van der Waals surface area contributed by atoms with Crippen molar-refractivity contribution in [3.63, 3.8) is 0 Å². The quantitative estimate of drug-likeness (QED) is 0.880. The van der Waals surface area contributed by atoms with Gasteiger partial charge >= 0.3 is 0 Å². The van der Waals surface area contributed by atoms with E-state index in [1.54, 1.807) is 0 Å². The summed E-state index contributed by atoms with van der Waals surface area (Å²) in [6.45, 7) is 6.33. The zero-order valence-corrected chi connectivity index (χ0v) is 15.9. The lowest BCUT2D eigenvalue weighted by molar-refractivity contribution is -0.132. The van der Waals surface area contributed by atoms with Crippen LogP contribution in [0.1, 0.15) is 55.5 Å². The van der Waals surface area contributed by atoms with Crippen molar-refractivity contribution in [1.82, 2.24) is 9.80 Å². The molecule has 0 spiro atoms. The third-order valence-electron chi connectivity index (χ3n) is 5.25. The van der Waals surface area contributed by atoms with E-state index in [0.29, 0.717) is 31.6 Å². The van der Waals surface area contributed by atoms with Gasteiger partial charge in [-0.05, 0) is 63.6 Å². The summed E-state index contributed by atoms with van der Waals surface area (Å²) in [6.07, 6.45) is 4.38. The minimum absolute atomic E-state index is 0.0414. The van der Waals surface area contributed by atoms with Gasteiger partial charge in [-0.15, -0.1) is 0 Å². The molecule has 0 atom stereocenters. The van der Waals surface area contributed by atoms with Gasteiger partial charge in [0.25, 0.3) is 5.91 Å². The number of rotatable bonds is 5. The molecule has 5 heteroatoms. The van der Waals surface area contributed by atoms with Gasteiger partial charge in [0.2, 0.25) is 5.91 Å². The predicted octanol–water partition coefficient (Wildman–Crippen LogP) is 2.47. The zero-order valence-electron chi connectivity index (χ0n) is 15.9. The second-order valence-corrected chi connectivity index (χ2v) is 8.25. The van der Waals surface area contributed by atoms with E-state index in [-0.39, 0.29) is 17.7 Å². The molecular formula is C21H30N2O3. The monoisotopic (exact) mass is 358 g/mol. The first-order valence-corrected chi connectivity index (χ1v) is 9.73. The largest absolute Gasteiger partial charge is 0.390 e. The van der Waals surface area contributed by atoms with Gasteiger partial charge in [0.05, 0.1) is 5.60 Å². The van der Waals surface area contributed by atoms with Gasteiger partial charge in [-0.2, -0.15) is 0 Å². The number of carbonyl (C=O) groups is 2. The molecule has 142 valence electrons. The number of aliphatic hydroxyl groups is 1. The molecule has 1 saturated carbocycles. The summed E-state index contributed by atoms with van der Waals surface area (Å²) in [5.74, 6) is 0.559. The Labute approximate surface area is 156 Å². The minimum Gasteiger partial charge on any atom is -0.390 e. The molecule has 2 aliphatic rings. The number of hydrogen-bond acceptors (Lipinski definition) is 3. The molecule has 2 fully saturated rings. The van der Waals surface area contributed by atoms with Crippen molar-refractivity contribution in [3.8, 4) is 0 Å². The number of carbonyl (C=O) groups excluding carboxylic acids is 2. The Bertz CT molecular complexity index is 644. The Morgan fingerprint density at radius 2 is 1.65 bits per heavy atom. The van der Waals surface area contributed by atoms with Crippen LogP contribution in [0.4, 0.5) is 0 Å². The lowest BCUT2D eigenvalue weighted by Crippen LogP contribution is -2.37. The molecular weight excluding hydrogens is 328 g/mol. The number of hydrogen-bond donors (Lipinski definition) is 1. The molecule has 1 heterocycles. The second-order valence-electron chi connectivity index (χ2n) is 8.25. The van der Waals surface area contributed by atoms with Crippen LogP contribution >= 0.6 is 0 Å². The van der Waals surface area contributed by atoms with Crippen LogP contribution in [-0.4, -0.2) is 58.5 Å². The van der Waals surface area contributed by atoms with Crippen molar-refractivity contribution in [1.29, 1.82) is 0 Å². The highest BCUT2D eigenvalue weighted by Gasteiger charge is 2.34. The zero-order chi connectivity index (χ0) is 18.7. The first kappa shape index (κ1) is 18.9. The average molecular weight is 358 g/mol. The topological polar surface area (TPSA) is 60.9 Å². The van der Waals surface area contributed by atoms with Crippen molar-refractivity contribution in [3.05, 3.63) is 35.4 Å². The fourth-order valence-corrected chi connectivity index (χ4v) is 3.38.